The summed E-state index contributed by atoms with van der Waals surface area (Å²) in [6, 6.07) is 57.3. The number of para-hydroxylation sites is 6. The summed E-state index contributed by atoms with van der Waals surface area (Å²) in [5, 5.41) is 13.4. The molecule has 12 aromatic rings. The van der Waals surface area contributed by atoms with E-state index in [0.29, 0.717) is 42.2 Å². The van der Waals surface area contributed by atoms with E-state index in [2.05, 4.69) is 251 Å². The molecule has 7 aromatic heterocycles. The molecule has 5 aromatic carbocycles. The second-order valence-electron chi connectivity index (χ2n) is 21.1. The molecular formula is C67H84N10. The molecular weight excluding hydrogens is 945 g/mol. The summed E-state index contributed by atoms with van der Waals surface area (Å²) in [5.41, 5.74) is 8.54. The minimum absolute atomic E-state index is 0.435. The van der Waals surface area contributed by atoms with Crippen molar-refractivity contribution in [3.8, 4) is 0 Å². The van der Waals surface area contributed by atoms with E-state index >= 15 is 0 Å². The molecule has 0 fully saturated rings. The van der Waals surface area contributed by atoms with Crippen molar-refractivity contribution < 1.29 is 0 Å². The number of aromatic nitrogens is 10. The van der Waals surface area contributed by atoms with Crippen molar-refractivity contribution in [2.24, 2.45) is 0 Å². The molecule has 0 aliphatic heterocycles. The van der Waals surface area contributed by atoms with Crippen molar-refractivity contribution in [2.75, 3.05) is 0 Å². The van der Waals surface area contributed by atoms with Gasteiger partial charge in [0.2, 0.25) is 0 Å². The van der Waals surface area contributed by atoms with Crippen molar-refractivity contribution in [3.05, 3.63) is 219 Å². The Morgan fingerprint density at radius 2 is 0.831 bits per heavy atom. The van der Waals surface area contributed by atoms with Gasteiger partial charge in [0.15, 0.2) is 0 Å². The minimum Gasteiger partial charge on any atom is -0.352 e. The smallest absolute Gasteiger partial charge is 0.0960 e. The molecule has 10 nitrogen and oxygen atoms in total. The van der Waals surface area contributed by atoms with Gasteiger partial charge in [0, 0.05) is 101 Å². The Morgan fingerprint density at radius 1 is 0.338 bits per heavy atom. The SMILES string of the molecule is CC(C)c1cnc2ccccc2c1.CC(C)n1ccc2ccccc21.CC(C)n1ccc2ccccc21.CC(C)n1cccc1.CC(C)n1cccn1.CC(C)n1cnc2ccccc21.CC(C)n1ncc2ccccc21. The van der Waals surface area contributed by atoms with E-state index in [0.717, 1.165) is 11.0 Å². The summed E-state index contributed by atoms with van der Waals surface area (Å²) in [6.45, 7) is 30.3. The zero-order chi connectivity index (χ0) is 55.4. The van der Waals surface area contributed by atoms with Gasteiger partial charge in [0.25, 0.3) is 0 Å². The Kier molecular flexibility index (Phi) is 21.8. The molecule has 0 N–H and O–H groups in total. The highest BCUT2D eigenvalue weighted by Crippen LogP contribution is 2.22. The first-order valence-corrected chi connectivity index (χ1v) is 27.4. The van der Waals surface area contributed by atoms with Gasteiger partial charge in [0.05, 0.1) is 34.6 Å². The third kappa shape index (κ3) is 16.5. The lowest BCUT2D eigenvalue weighted by atomic mass is 10.0. The summed E-state index contributed by atoms with van der Waals surface area (Å²) >= 11 is 0. The van der Waals surface area contributed by atoms with Crippen molar-refractivity contribution in [1.29, 1.82) is 0 Å². The highest BCUT2D eigenvalue weighted by molar-refractivity contribution is 5.81. The van der Waals surface area contributed by atoms with Gasteiger partial charge in [-0.3, -0.25) is 14.3 Å². The van der Waals surface area contributed by atoms with Crippen LogP contribution in [0.25, 0.3) is 54.6 Å². The lowest BCUT2D eigenvalue weighted by molar-refractivity contribution is 0.532. The highest BCUT2D eigenvalue weighted by atomic mass is 15.3. The molecule has 77 heavy (non-hydrogen) atoms. The van der Waals surface area contributed by atoms with Crippen LogP contribution < -0.4 is 0 Å². The summed E-state index contributed by atoms with van der Waals surface area (Å²) in [6.07, 6.45) is 18.0. The van der Waals surface area contributed by atoms with Crippen molar-refractivity contribution in [3.63, 3.8) is 0 Å². The Bertz CT molecular complexity index is 3190. The summed E-state index contributed by atoms with van der Waals surface area (Å²) in [4.78, 5) is 8.71. The molecule has 7 heterocycles. The van der Waals surface area contributed by atoms with Crippen molar-refractivity contribution in [1.82, 2.24) is 47.8 Å². The van der Waals surface area contributed by atoms with Crippen LogP contribution in [0.5, 0.6) is 0 Å². The fourth-order valence-corrected chi connectivity index (χ4v) is 8.58. The lowest BCUT2D eigenvalue weighted by Gasteiger charge is -2.08. The van der Waals surface area contributed by atoms with E-state index in [1.807, 2.05) is 101 Å². The third-order valence-corrected chi connectivity index (χ3v) is 13.0. The number of benzene rings is 5. The van der Waals surface area contributed by atoms with Gasteiger partial charge >= 0.3 is 0 Å². The van der Waals surface area contributed by atoms with Gasteiger partial charge in [-0.25, -0.2) is 4.98 Å². The molecule has 0 spiro atoms. The zero-order valence-electron chi connectivity index (χ0n) is 48.2. The number of fused-ring (bicyclic) bond motifs is 5. The summed E-state index contributed by atoms with van der Waals surface area (Å²) in [5.74, 6) is 0.553. The van der Waals surface area contributed by atoms with Crippen LogP contribution in [0.3, 0.4) is 0 Å². The fourth-order valence-electron chi connectivity index (χ4n) is 8.58. The molecule has 402 valence electrons. The van der Waals surface area contributed by atoms with Gasteiger partial charge in [-0.1, -0.05) is 98.8 Å². The van der Waals surface area contributed by atoms with Crippen LogP contribution in [0.4, 0.5) is 0 Å². The van der Waals surface area contributed by atoms with Gasteiger partial charge in [-0.05, 0) is 178 Å². The molecule has 0 atom stereocenters. The normalized spacial score (nSPS) is 11.0. The first kappa shape index (κ1) is 58.3. The number of imidazole rings is 1. The number of rotatable bonds is 7. The monoisotopic (exact) mass is 1030 g/mol. The van der Waals surface area contributed by atoms with E-state index in [4.69, 9.17) is 0 Å². The van der Waals surface area contributed by atoms with E-state index in [-0.39, 0.29) is 0 Å². The maximum absolute atomic E-state index is 4.40. The molecule has 0 radical (unpaired) electrons. The predicted octanol–water partition coefficient (Wildman–Crippen LogP) is 18.6. The zero-order valence-corrected chi connectivity index (χ0v) is 48.2. The second kappa shape index (κ2) is 28.8. The first-order chi connectivity index (χ1) is 37.0. The number of hydrogen-bond donors (Lipinski definition) is 0. The summed E-state index contributed by atoms with van der Waals surface area (Å²) in [7, 11) is 0. The Morgan fingerprint density at radius 3 is 1.30 bits per heavy atom. The van der Waals surface area contributed by atoms with Gasteiger partial charge < -0.3 is 18.3 Å². The molecule has 0 unspecified atom stereocenters. The van der Waals surface area contributed by atoms with Crippen LogP contribution in [0.15, 0.2) is 214 Å². The van der Waals surface area contributed by atoms with Gasteiger partial charge in [0.1, 0.15) is 0 Å². The van der Waals surface area contributed by atoms with E-state index < -0.39 is 0 Å². The minimum atomic E-state index is 0.435. The largest absolute Gasteiger partial charge is 0.352 e. The average molecular weight is 1030 g/mol. The Hall–Kier alpha value is -7.98. The van der Waals surface area contributed by atoms with Crippen molar-refractivity contribution in [2.45, 2.75) is 139 Å². The fraction of sp³-hybridized carbons (Fsp3) is 0.313. The first-order valence-electron chi connectivity index (χ1n) is 27.4. The molecule has 10 heteroatoms. The average Bonchev–Trinajstić information content (AvgIpc) is 4.31. The molecule has 0 amide bonds. The van der Waals surface area contributed by atoms with Crippen LogP contribution in [-0.2, 0) is 0 Å². The van der Waals surface area contributed by atoms with Gasteiger partial charge in [-0.15, -0.1) is 0 Å². The van der Waals surface area contributed by atoms with Crippen LogP contribution in [0.1, 0.15) is 145 Å². The lowest BCUT2D eigenvalue weighted by Crippen LogP contribution is -2.01. The van der Waals surface area contributed by atoms with Crippen molar-refractivity contribution >= 4 is 54.6 Å². The van der Waals surface area contributed by atoms with Crippen LogP contribution in [-0.4, -0.2) is 47.8 Å². The maximum atomic E-state index is 4.40. The molecule has 0 aliphatic rings. The predicted molar refractivity (Wildman–Crippen MR) is 328 cm³/mol. The topological polar surface area (TPSA) is 81.1 Å². The van der Waals surface area contributed by atoms with E-state index in [9.17, 15) is 0 Å². The standard InChI is InChI=1S/C12H13N.2C11H13N.2C10H12N2.C7H11N.C6H10N2/c1-9(2)11-7-10-5-3-4-6-12(10)13-8-11;2*1-9(2)12-8-7-10-5-3-4-6-11(10)12;1-8(2)12-7-11-9-5-3-4-6-10(9)12;1-8(2)12-10-6-4-3-5-9(10)7-11-12;1-7(2)8-5-3-4-6-8;1-6(2)8-5-3-4-7-8/h3-9H,1-2H3;2*3-9H,1-2H3;2*3-8H,1-2H3;3-7H,1-2H3;3-6H,1-2H3. The van der Waals surface area contributed by atoms with E-state index in [1.54, 1.807) is 6.20 Å². The quantitative estimate of drug-likeness (QED) is 0.159. The maximum Gasteiger partial charge on any atom is 0.0960 e. The van der Waals surface area contributed by atoms with Gasteiger partial charge in [-0.2, -0.15) is 10.2 Å². The highest BCUT2D eigenvalue weighted by Gasteiger charge is 2.06. The number of hydrogen-bond acceptors (Lipinski definition) is 4. The third-order valence-electron chi connectivity index (χ3n) is 13.0. The molecule has 0 aliphatic carbocycles. The Labute approximate surface area is 458 Å². The van der Waals surface area contributed by atoms with E-state index in [1.165, 1.54) is 49.2 Å². The molecule has 0 saturated carbocycles. The molecule has 0 saturated heterocycles. The second-order valence-corrected chi connectivity index (χ2v) is 21.1. The van der Waals surface area contributed by atoms with Crippen LogP contribution >= 0.6 is 0 Å². The molecule has 12 rings (SSSR count). The summed E-state index contributed by atoms with van der Waals surface area (Å²) < 4.78 is 12.9. The van der Waals surface area contributed by atoms with Crippen LogP contribution in [0.2, 0.25) is 0 Å². The number of nitrogens with zero attached hydrogens (tertiary/aromatic N) is 10. The molecule has 0 bridgehead atoms. The number of pyridine rings is 1. The van der Waals surface area contributed by atoms with Crippen LogP contribution in [0, 0.1) is 0 Å². The Balaban J connectivity index is 0.000000147.